The predicted octanol–water partition coefficient (Wildman–Crippen LogP) is 3.74. The lowest BCUT2D eigenvalue weighted by molar-refractivity contribution is 0.101. The largest absolute Gasteiger partial charge is 0.294 e. The lowest BCUT2D eigenvalue weighted by Gasteiger charge is -2.03. The Morgan fingerprint density at radius 3 is 2.85 bits per heavy atom. The second kappa shape index (κ2) is 5.26. The van der Waals surface area contributed by atoms with Gasteiger partial charge < -0.3 is 0 Å². The van der Waals surface area contributed by atoms with Gasteiger partial charge in [0.05, 0.1) is 5.02 Å². The monoisotopic (exact) mass is 303 g/mol. The molecule has 0 N–H and O–H groups in total. The van der Waals surface area contributed by atoms with E-state index in [0.717, 1.165) is 15.7 Å². The van der Waals surface area contributed by atoms with E-state index in [9.17, 15) is 4.79 Å². The van der Waals surface area contributed by atoms with Crippen LogP contribution in [0, 0.1) is 0 Å². The molecule has 0 saturated carbocycles. The molecule has 1 aromatic carbocycles. The fourth-order valence-electron chi connectivity index (χ4n) is 1.84. The number of carbonyl (C=O) groups is 1. The Morgan fingerprint density at radius 2 is 2.10 bits per heavy atom. The third-order valence-corrected chi connectivity index (χ3v) is 4.07. The number of halogens is 1. The van der Waals surface area contributed by atoms with Crippen LogP contribution in [0.5, 0.6) is 0 Å². The Balaban J connectivity index is 1.95. The van der Waals surface area contributed by atoms with E-state index in [-0.39, 0.29) is 5.78 Å². The average molecular weight is 304 g/mol. The summed E-state index contributed by atoms with van der Waals surface area (Å²) in [6.45, 7) is 1.50. The molecule has 0 spiro atoms. The van der Waals surface area contributed by atoms with E-state index in [1.807, 2.05) is 34.9 Å². The van der Waals surface area contributed by atoms with Crippen molar-refractivity contribution in [3.05, 3.63) is 53.2 Å². The van der Waals surface area contributed by atoms with E-state index in [0.29, 0.717) is 10.6 Å². The molecule has 0 atom stereocenters. The third-order valence-electron chi connectivity index (χ3n) is 2.81. The minimum Gasteiger partial charge on any atom is -0.294 e. The average Bonchev–Trinajstić information content (AvgIpc) is 2.82. The number of Topliss-reactive ketones (excluding diaryl/α,β-unsaturated/α-hetero) is 1. The molecule has 0 aliphatic heterocycles. The van der Waals surface area contributed by atoms with E-state index >= 15 is 0 Å². The lowest BCUT2D eigenvalue weighted by atomic mass is 10.1. The SMILES string of the molecule is CC(=O)c1ccc(Sc2nnc3ccccn23)cc1Cl. The Hall–Kier alpha value is -1.85. The molecular weight excluding hydrogens is 294 g/mol. The molecule has 100 valence electrons. The fraction of sp³-hybridized carbons (Fsp3) is 0.0714. The van der Waals surface area contributed by atoms with Gasteiger partial charge in [0.15, 0.2) is 16.6 Å². The summed E-state index contributed by atoms with van der Waals surface area (Å²) in [6, 6.07) is 11.1. The second-order valence-corrected chi connectivity index (χ2v) is 5.66. The van der Waals surface area contributed by atoms with Crippen LogP contribution in [0.2, 0.25) is 5.02 Å². The maximum atomic E-state index is 11.4. The van der Waals surface area contributed by atoms with Crippen molar-refractivity contribution in [1.82, 2.24) is 14.6 Å². The molecule has 6 heteroatoms. The highest BCUT2D eigenvalue weighted by molar-refractivity contribution is 7.99. The minimum atomic E-state index is -0.0422. The van der Waals surface area contributed by atoms with E-state index < -0.39 is 0 Å². The van der Waals surface area contributed by atoms with Gasteiger partial charge in [0.1, 0.15) is 0 Å². The van der Waals surface area contributed by atoms with Crippen LogP contribution >= 0.6 is 23.4 Å². The first-order valence-electron chi connectivity index (χ1n) is 5.93. The molecule has 0 fully saturated rings. The van der Waals surface area contributed by atoms with E-state index in [1.165, 1.54) is 18.7 Å². The van der Waals surface area contributed by atoms with Gasteiger partial charge in [0, 0.05) is 16.7 Å². The minimum absolute atomic E-state index is 0.0422. The number of rotatable bonds is 3. The second-order valence-electron chi connectivity index (χ2n) is 4.21. The van der Waals surface area contributed by atoms with Crippen molar-refractivity contribution in [3.63, 3.8) is 0 Å². The first-order valence-corrected chi connectivity index (χ1v) is 7.13. The molecular formula is C14H10ClN3OS. The van der Waals surface area contributed by atoms with Gasteiger partial charge in [-0.2, -0.15) is 0 Å². The van der Waals surface area contributed by atoms with Crippen LogP contribution in [0.1, 0.15) is 17.3 Å². The maximum absolute atomic E-state index is 11.4. The summed E-state index contributed by atoms with van der Waals surface area (Å²) < 4.78 is 1.90. The van der Waals surface area contributed by atoms with E-state index in [1.54, 1.807) is 12.1 Å². The normalized spacial score (nSPS) is 10.9. The van der Waals surface area contributed by atoms with Crippen LogP contribution in [-0.4, -0.2) is 20.4 Å². The highest BCUT2D eigenvalue weighted by Gasteiger charge is 2.10. The lowest BCUT2D eigenvalue weighted by Crippen LogP contribution is -1.93. The Labute approximate surface area is 124 Å². The quantitative estimate of drug-likeness (QED) is 0.692. The predicted molar refractivity (Wildman–Crippen MR) is 78.6 cm³/mol. The molecule has 0 unspecified atom stereocenters. The number of pyridine rings is 1. The highest BCUT2D eigenvalue weighted by atomic mass is 35.5. The van der Waals surface area contributed by atoms with Gasteiger partial charge in [-0.05, 0) is 49.0 Å². The van der Waals surface area contributed by atoms with Gasteiger partial charge in [-0.1, -0.05) is 17.7 Å². The van der Waals surface area contributed by atoms with Crippen molar-refractivity contribution in [2.24, 2.45) is 0 Å². The number of hydrogen-bond acceptors (Lipinski definition) is 4. The molecule has 2 aromatic heterocycles. The standard InChI is InChI=1S/C14H10ClN3OS/c1-9(19)11-6-5-10(8-12(11)15)20-14-17-16-13-4-2-3-7-18(13)14/h2-8H,1H3. The number of benzene rings is 1. The molecule has 2 heterocycles. The number of carbonyl (C=O) groups excluding carboxylic acids is 1. The molecule has 3 rings (SSSR count). The van der Waals surface area contributed by atoms with Crippen LogP contribution < -0.4 is 0 Å². The zero-order chi connectivity index (χ0) is 14.1. The third kappa shape index (κ3) is 2.42. The fourth-order valence-corrected chi connectivity index (χ4v) is 3.08. The van der Waals surface area contributed by atoms with Gasteiger partial charge in [0.2, 0.25) is 0 Å². The zero-order valence-corrected chi connectivity index (χ0v) is 12.1. The number of nitrogens with zero attached hydrogens (tertiary/aromatic N) is 3. The molecule has 20 heavy (non-hydrogen) atoms. The Morgan fingerprint density at radius 1 is 1.25 bits per heavy atom. The summed E-state index contributed by atoms with van der Waals surface area (Å²) in [6.07, 6.45) is 1.91. The summed E-state index contributed by atoms with van der Waals surface area (Å²) in [7, 11) is 0. The Bertz CT molecular complexity index is 800. The van der Waals surface area contributed by atoms with Crippen LogP contribution in [0.15, 0.2) is 52.6 Å². The van der Waals surface area contributed by atoms with Crippen molar-refractivity contribution < 1.29 is 4.79 Å². The first kappa shape index (κ1) is 13.1. The molecule has 0 aliphatic rings. The van der Waals surface area contributed by atoms with E-state index in [2.05, 4.69) is 10.2 Å². The highest BCUT2D eigenvalue weighted by Crippen LogP contribution is 2.30. The van der Waals surface area contributed by atoms with Crippen LogP contribution in [0.25, 0.3) is 5.65 Å². The number of ketones is 1. The van der Waals surface area contributed by atoms with Gasteiger partial charge >= 0.3 is 0 Å². The van der Waals surface area contributed by atoms with Gasteiger partial charge in [-0.3, -0.25) is 9.20 Å². The Kier molecular flexibility index (Phi) is 3.46. The van der Waals surface area contributed by atoms with E-state index in [4.69, 9.17) is 11.6 Å². The topological polar surface area (TPSA) is 47.3 Å². The number of fused-ring (bicyclic) bond motifs is 1. The molecule has 0 saturated heterocycles. The maximum Gasteiger partial charge on any atom is 0.200 e. The summed E-state index contributed by atoms with van der Waals surface area (Å²) in [4.78, 5) is 12.3. The van der Waals surface area contributed by atoms with Crippen molar-refractivity contribution in [2.45, 2.75) is 17.0 Å². The number of hydrogen-bond donors (Lipinski definition) is 0. The van der Waals surface area contributed by atoms with Crippen molar-refractivity contribution in [3.8, 4) is 0 Å². The summed E-state index contributed by atoms with van der Waals surface area (Å²) in [5.74, 6) is -0.0422. The van der Waals surface area contributed by atoms with Gasteiger partial charge in [-0.25, -0.2) is 0 Å². The molecule has 3 aromatic rings. The van der Waals surface area contributed by atoms with Crippen LogP contribution in [-0.2, 0) is 0 Å². The molecule has 0 aliphatic carbocycles. The molecule has 0 bridgehead atoms. The van der Waals surface area contributed by atoms with Crippen LogP contribution in [0.4, 0.5) is 0 Å². The van der Waals surface area contributed by atoms with Crippen molar-refractivity contribution >= 4 is 34.8 Å². The van der Waals surface area contributed by atoms with Gasteiger partial charge in [0.25, 0.3) is 0 Å². The van der Waals surface area contributed by atoms with Gasteiger partial charge in [-0.15, -0.1) is 10.2 Å². The molecule has 4 nitrogen and oxygen atoms in total. The first-order chi connectivity index (χ1) is 9.65. The molecule has 0 radical (unpaired) electrons. The molecule has 0 amide bonds. The van der Waals surface area contributed by atoms with Crippen molar-refractivity contribution in [2.75, 3.05) is 0 Å². The zero-order valence-electron chi connectivity index (χ0n) is 10.6. The van der Waals surface area contributed by atoms with Crippen LogP contribution in [0.3, 0.4) is 0 Å². The number of aromatic nitrogens is 3. The summed E-state index contributed by atoms with van der Waals surface area (Å²) >= 11 is 7.56. The summed E-state index contributed by atoms with van der Waals surface area (Å²) in [5.41, 5.74) is 1.32. The summed E-state index contributed by atoms with van der Waals surface area (Å²) in [5, 5.41) is 9.44. The smallest absolute Gasteiger partial charge is 0.200 e. The van der Waals surface area contributed by atoms with Crippen molar-refractivity contribution in [1.29, 1.82) is 0 Å².